The number of nitriles is 1. The predicted molar refractivity (Wildman–Crippen MR) is 145 cm³/mol. The number of nitrogens with zero attached hydrogens (tertiary/aromatic N) is 4. The molecule has 35 heavy (non-hydrogen) atoms. The van der Waals surface area contributed by atoms with Crippen LogP contribution >= 0.6 is 11.3 Å². The lowest BCUT2D eigenvalue weighted by atomic mass is 9.89. The highest BCUT2D eigenvalue weighted by Gasteiger charge is 2.35. The summed E-state index contributed by atoms with van der Waals surface area (Å²) in [5, 5.41) is 10.7. The van der Waals surface area contributed by atoms with Gasteiger partial charge in [-0.2, -0.15) is 5.26 Å². The minimum Gasteiger partial charge on any atom is -0.348 e. The quantitative estimate of drug-likeness (QED) is 0.242. The largest absolute Gasteiger partial charge is 0.348 e. The number of hydrogen-bond acceptors (Lipinski definition) is 6. The first-order chi connectivity index (χ1) is 16.6. The molecule has 2 heterocycles. The maximum atomic E-state index is 13.4. The summed E-state index contributed by atoms with van der Waals surface area (Å²) in [5.41, 5.74) is 1.94. The van der Waals surface area contributed by atoms with Crippen LogP contribution in [0.15, 0.2) is 16.7 Å². The van der Waals surface area contributed by atoms with E-state index in [1.165, 1.54) is 4.90 Å². The first-order valence-electron chi connectivity index (χ1n) is 13.0. The number of imide groups is 1. The molecular formula is C28H42N4O2S. The average Bonchev–Trinajstić information content (AvgIpc) is 3.17. The third kappa shape index (κ3) is 7.51. The second kappa shape index (κ2) is 13.0. The predicted octanol–water partition coefficient (Wildman–Crippen LogP) is 6.53. The van der Waals surface area contributed by atoms with Gasteiger partial charge in [0.25, 0.3) is 11.8 Å². The Balaban J connectivity index is 2.61. The number of amides is 2. The van der Waals surface area contributed by atoms with Crippen molar-refractivity contribution in [3.8, 4) is 6.07 Å². The Labute approximate surface area is 215 Å². The zero-order chi connectivity index (χ0) is 26.2. The van der Waals surface area contributed by atoms with Crippen molar-refractivity contribution in [3.63, 3.8) is 0 Å². The van der Waals surface area contributed by atoms with Crippen LogP contribution in [-0.2, 0) is 16.0 Å². The molecule has 1 aromatic heterocycles. The number of carbonyl (C=O) groups is 2. The van der Waals surface area contributed by atoms with Crippen LogP contribution in [0.2, 0.25) is 0 Å². The fraction of sp³-hybridized carbons (Fsp3) is 0.643. The molecule has 0 bridgehead atoms. The third-order valence-electron chi connectivity index (χ3n) is 6.08. The third-order valence-corrected chi connectivity index (χ3v) is 7.19. The number of unbranched alkanes of at least 4 members (excludes halogenated alkanes) is 3. The molecule has 0 aliphatic carbocycles. The van der Waals surface area contributed by atoms with Crippen molar-refractivity contribution in [2.45, 2.75) is 93.4 Å². The number of anilines is 1. The minimum absolute atomic E-state index is 0.0265. The molecule has 0 atom stereocenters. The van der Waals surface area contributed by atoms with Crippen molar-refractivity contribution in [1.29, 1.82) is 5.26 Å². The van der Waals surface area contributed by atoms with E-state index < -0.39 is 5.91 Å². The van der Waals surface area contributed by atoms with Gasteiger partial charge in [-0.1, -0.05) is 72.1 Å². The first-order valence-corrected chi connectivity index (χ1v) is 13.8. The van der Waals surface area contributed by atoms with E-state index in [0.29, 0.717) is 24.1 Å². The van der Waals surface area contributed by atoms with E-state index in [4.69, 9.17) is 4.98 Å². The summed E-state index contributed by atoms with van der Waals surface area (Å²) in [7, 11) is 0. The Hall–Kier alpha value is -2.46. The summed E-state index contributed by atoms with van der Waals surface area (Å²) in [6.07, 6.45) is 8.68. The number of thiazole rings is 1. The second-order valence-corrected chi connectivity index (χ2v) is 11.5. The molecule has 6 nitrogen and oxygen atoms in total. The maximum Gasteiger partial charge on any atom is 0.271 e. The van der Waals surface area contributed by atoms with Crippen molar-refractivity contribution in [2.75, 3.05) is 24.5 Å². The van der Waals surface area contributed by atoms with E-state index in [1.807, 2.05) is 19.1 Å². The maximum absolute atomic E-state index is 13.4. The lowest BCUT2D eigenvalue weighted by Gasteiger charge is -2.27. The van der Waals surface area contributed by atoms with E-state index in [9.17, 15) is 14.9 Å². The van der Waals surface area contributed by atoms with Crippen molar-refractivity contribution in [2.24, 2.45) is 5.41 Å². The molecule has 1 aromatic rings. The first kappa shape index (κ1) is 28.8. The summed E-state index contributed by atoms with van der Waals surface area (Å²) in [6, 6.07) is 2.04. The molecule has 192 valence electrons. The number of carbonyl (C=O) groups excluding carboxylic acids is 2. The molecule has 2 rings (SSSR count). The highest BCUT2D eigenvalue weighted by molar-refractivity contribution is 7.16. The van der Waals surface area contributed by atoms with Crippen LogP contribution in [0.5, 0.6) is 0 Å². The average molecular weight is 499 g/mol. The van der Waals surface area contributed by atoms with E-state index in [-0.39, 0.29) is 16.9 Å². The molecule has 0 radical (unpaired) electrons. The number of aromatic nitrogens is 1. The molecule has 0 spiro atoms. The summed E-state index contributed by atoms with van der Waals surface area (Å²) >= 11 is 1.61. The lowest BCUT2D eigenvalue weighted by Crippen LogP contribution is -2.43. The Morgan fingerprint density at radius 2 is 1.63 bits per heavy atom. The van der Waals surface area contributed by atoms with Crippen LogP contribution in [0, 0.1) is 16.7 Å². The van der Waals surface area contributed by atoms with Gasteiger partial charge in [-0.3, -0.25) is 14.5 Å². The molecule has 0 aromatic carbocycles. The van der Waals surface area contributed by atoms with Gasteiger partial charge in [0, 0.05) is 25.2 Å². The normalized spacial score (nSPS) is 15.8. The van der Waals surface area contributed by atoms with E-state index in [2.05, 4.69) is 39.5 Å². The topological polar surface area (TPSA) is 77.3 Å². The van der Waals surface area contributed by atoms with Gasteiger partial charge >= 0.3 is 0 Å². The van der Waals surface area contributed by atoms with Crippen molar-refractivity contribution < 1.29 is 9.59 Å². The molecule has 7 heteroatoms. The molecule has 0 N–H and O–H groups in total. The van der Waals surface area contributed by atoms with Gasteiger partial charge < -0.3 is 4.90 Å². The fourth-order valence-corrected chi connectivity index (χ4v) is 5.09. The SMILES string of the molecule is CCCCN1C(=O)C(C#N)=C(C)/C(=C\c2sc(N(CCCC)CCCC)nc2CC(C)(C)C)C1=O. The molecule has 1 aliphatic rings. The Morgan fingerprint density at radius 1 is 1.03 bits per heavy atom. The van der Waals surface area contributed by atoms with Gasteiger partial charge in [0.1, 0.15) is 11.6 Å². The summed E-state index contributed by atoms with van der Waals surface area (Å²) in [4.78, 5) is 35.8. The molecule has 2 amide bonds. The molecule has 0 saturated heterocycles. The molecule has 1 aliphatic heterocycles. The van der Waals surface area contributed by atoms with Gasteiger partial charge in [0.15, 0.2) is 5.13 Å². The number of rotatable bonds is 12. The molecule has 0 fully saturated rings. The standard InChI is InChI=1S/C28H42N4O2S/c1-8-11-14-31(15-12-9-2)27-30-23(18-28(5,6)7)24(35-27)17-21-20(4)22(19-29)26(34)32(25(21)33)16-13-10-3/h17H,8-16,18H2,1-7H3/b21-17+. The van der Waals surface area contributed by atoms with Crippen LogP contribution in [0.1, 0.15) is 97.6 Å². The van der Waals surface area contributed by atoms with Gasteiger partial charge in [0.05, 0.1) is 10.6 Å². The summed E-state index contributed by atoms with van der Waals surface area (Å²) in [6.45, 7) is 16.9. The highest BCUT2D eigenvalue weighted by Crippen LogP contribution is 2.35. The van der Waals surface area contributed by atoms with Crippen LogP contribution in [0.4, 0.5) is 5.13 Å². The lowest BCUT2D eigenvalue weighted by molar-refractivity contribution is -0.140. The van der Waals surface area contributed by atoms with Crippen molar-refractivity contribution in [1.82, 2.24) is 9.88 Å². The van der Waals surface area contributed by atoms with Crippen LogP contribution < -0.4 is 4.90 Å². The Kier molecular flexibility index (Phi) is 10.7. The van der Waals surface area contributed by atoms with Crippen LogP contribution in [0.3, 0.4) is 0 Å². The smallest absolute Gasteiger partial charge is 0.271 e. The van der Waals surface area contributed by atoms with Crippen molar-refractivity contribution >= 4 is 34.4 Å². The highest BCUT2D eigenvalue weighted by atomic mass is 32.1. The van der Waals surface area contributed by atoms with Crippen molar-refractivity contribution in [3.05, 3.63) is 27.3 Å². The summed E-state index contributed by atoms with van der Waals surface area (Å²) in [5.74, 6) is -0.795. The zero-order valence-corrected chi connectivity index (χ0v) is 23.5. The number of hydrogen-bond donors (Lipinski definition) is 0. The van der Waals surface area contributed by atoms with Gasteiger partial charge in [-0.05, 0) is 49.7 Å². The van der Waals surface area contributed by atoms with Crippen LogP contribution in [-0.4, -0.2) is 41.3 Å². The Morgan fingerprint density at radius 3 is 2.14 bits per heavy atom. The van der Waals surface area contributed by atoms with Gasteiger partial charge in [-0.25, -0.2) is 4.98 Å². The van der Waals surface area contributed by atoms with Crippen LogP contribution in [0.25, 0.3) is 6.08 Å². The van der Waals surface area contributed by atoms with E-state index >= 15 is 0 Å². The van der Waals surface area contributed by atoms with E-state index in [0.717, 1.165) is 67.3 Å². The molecule has 0 saturated carbocycles. The summed E-state index contributed by atoms with van der Waals surface area (Å²) < 4.78 is 0. The monoisotopic (exact) mass is 498 g/mol. The minimum atomic E-state index is -0.481. The van der Waals surface area contributed by atoms with Gasteiger partial charge in [-0.15, -0.1) is 0 Å². The van der Waals surface area contributed by atoms with Gasteiger partial charge in [0.2, 0.25) is 0 Å². The fourth-order valence-electron chi connectivity index (χ4n) is 4.01. The second-order valence-electron chi connectivity index (χ2n) is 10.5. The Bertz CT molecular complexity index is 999. The molecule has 0 unspecified atom stereocenters. The zero-order valence-electron chi connectivity index (χ0n) is 22.7. The van der Waals surface area contributed by atoms with E-state index in [1.54, 1.807) is 18.3 Å². The molecular weight excluding hydrogens is 456 g/mol.